The van der Waals surface area contributed by atoms with Crippen LogP contribution in [0.3, 0.4) is 0 Å². The van der Waals surface area contributed by atoms with Gasteiger partial charge < -0.3 is 15.9 Å². The molecule has 4 heteroatoms. The lowest BCUT2D eigenvalue weighted by Gasteiger charge is -2.11. The van der Waals surface area contributed by atoms with Crippen molar-refractivity contribution in [3.05, 3.63) is 41.8 Å². The van der Waals surface area contributed by atoms with Gasteiger partial charge in [-0.3, -0.25) is 4.79 Å². The number of nitrogens with two attached hydrogens (primary N) is 1. The Bertz CT molecular complexity index is 325. The molecule has 75 valence electrons. The van der Waals surface area contributed by atoms with Gasteiger partial charge in [-0.05, 0) is 11.6 Å². The third-order valence-corrected chi connectivity index (χ3v) is 1.87. The smallest absolute Gasteiger partial charge is 0.249 e. The number of carbonyl (C=O) groups excluding carboxylic acids is 1. The van der Waals surface area contributed by atoms with Gasteiger partial charge in [-0.1, -0.05) is 18.2 Å². The lowest BCUT2D eigenvalue weighted by Crippen LogP contribution is -2.16. The maximum absolute atomic E-state index is 11.0. The van der Waals surface area contributed by atoms with Crippen molar-refractivity contribution in [3.63, 3.8) is 0 Å². The average Bonchev–Trinajstić information content (AvgIpc) is 2.18. The van der Waals surface area contributed by atoms with Crippen LogP contribution in [-0.2, 0) is 0 Å². The van der Waals surface area contributed by atoms with E-state index in [0.29, 0.717) is 5.56 Å². The molecule has 1 atom stereocenters. The van der Waals surface area contributed by atoms with Crippen LogP contribution in [0.4, 0.5) is 0 Å². The largest absolute Gasteiger partial charge is 0.396 e. The zero-order chi connectivity index (χ0) is 10.6. The molecule has 0 aliphatic rings. The number of benzene rings is 1. The highest BCUT2D eigenvalue weighted by molar-refractivity contribution is 5.94. The Morgan fingerprint density at radius 3 is 2.71 bits per heavy atom. The van der Waals surface area contributed by atoms with Crippen molar-refractivity contribution in [2.75, 3.05) is 6.61 Å². The van der Waals surface area contributed by atoms with Gasteiger partial charge in [-0.15, -0.1) is 0 Å². The summed E-state index contributed by atoms with van der Waals surface area (Å²) in [6.45, 7) is -0.256. The number of aliphatic hydroxyl groups is 2. The highest BCUT2D eigenvalue weighted by atomic mass is 16.3. The number of hydrogen-bond donors (Lipinski definition) is 3. The number of rotatable bonds is 4. The lowest BCUT2D eigenvalue weighted by molar-refractivity contribution is 0.0993. The van der Waals surface area contributed by atoms with Crippen LogP contribution in [0.2, 0.25) is 0 Å². The molecule has 1 amide bonds. The van der Waals surface area contributed by atoms with Gasteiger partial charge in [0.2, 0.25) is 5.91 Å². The van der Waals surface area contributed by atoms with Gasteiger partial charge in [0, 0.05) is 18.6 Å². The van der Waals surface area contributed by atoms with Crippen molar-refractivity contribution in [2.24, 2.45) is 5.73 Å². The van der Waals surface area contributed by atoms with Crippen LogP contribution in [-0.4, -0.2) is 22.7 Å². The fourth-order valence-corrected chi connectivity index (χ4v) is 1.21. The molecule has 1 aromatic rings. The van der Waals surface area contributed by atoms with Crippen LogP contribution < -0.4 is 5.73 Å². The van der Waals surface area contributed by atoms with Crippen molar-refractivity contribution < 1.29 is 15.0 Å². The topological polar surface area (TPSA) is 83.6 Å². The summed E-state index contributed by atoms with van der Waals surface area (Å²) >= 11 is 0. The second-order valence-corrected chi connectivity index (χ2v) is 2.81. The maximum Gasteiger partial charge on any atom is 0.249 e. The highest BCUT2D eigenvalue weighted by Crippen LogP contribution is 2.19. The molecule has 0 saturated carbocycles. The average molecular weight is 194 g/mol. The molecule has 1 aromatic carbocycles. The Morgan fingerprint density at radius 1 is 1.50 bits per heavy atom. The first kappa shape index (κ1) is 10.7. The standard InChI is InChI=1S/C10H12NO3/c11-10(14)8-4-2-1-3-7(8)9(13)5-6-12/h1-5,9,12-13H,6H2,(H2,11,14)/t9-/m0/s1. The van der Waals surface area contributed by atoms with E-state index in [1.54, 1.807) is 18.2 Å². The van der Waals surface area contributed by atoms with Crippen LogP contribution in [0.15, 0.2) is 24.3 Å². The van der Waals surface area contributed by atoms with Crippen molar-refractivity contribution in [1.82, 2.24) is 0 Å². The number of aliphatic hydroxyl groups excluding tert-OH is 2. The third kappa shape index (κ3) is 2.31. The first-order valence-corrected chi connectivity index (χ1v) is 4.17. The predicted molar refractivity (Wildman–Crippen MR) is 51.3 cm³/mol. The van der Waals surface area contributed by atoms with Gasteiger partial charge in [-0.2, -0.15) is 0 Å². The lowest BCUT2D eigenvalue weighted by atomic mass is 10.0. The van der Waals surface area contributed by atoms with Gasteiger partial charge in [0.15, 0.2) is 0 Å². The van der Waals surface area contributed by atoms with E-state index >= 15 is 0 Å². The Labute approximate surface area is 82.0 Å². The molecule has 1 radical (unpaired) electrons. The molecule has 0 spiro atoms. The molecule has 4 N–H and O–H groups in total. The highest BCUT2D eigenvalue weighted by Gasteiger charge is 2.14. The van der Waals surface area contributed by atoms with Crippen LogP contribution in [0.25, 0.3) is 0 Å². The maximum atomic E-state index is 11.0. The molecule has 0 bridgehead atoms. The summed E-state index contributed by atoms with van der Waals surface area (Å²) in [6.07, 6.45) is 0.311. The van der Waals surface area contributed by atoms with Crippen molar-refractivity contribution in [2.45, 2.75) is 6.10 Å². The minimum absolute atomic E-state index is 0.256. The zero-order valence-electron chi connectivity index (χ0n) is 7.55. The molecule has 0 heterocycles. The Hall–Kier alpha value is -1.39. The molecular weight excluding hydrogens is 182 g/mol. The molecule has 0 unspecified atom stereocenters. The van der Waals surface area contributed by atoms with Crippen LogP contribution >= 0.6 is 0 Å². The molecule has 0 aliphatic carbocycles. The van der Waals surface area contributed by atoms with Crippen LogP contribution in [0.1, 0.15) is 22.0 Å². The predicted octanol–water partition coefficient (Wildman–Crippen LogP) is 0.0155. The molecule has 1 rings (SSSR count). The van der Waals surface area contributed by atoms with Gasteiger partial charge in [-0.25, -0.2) is 0 Å². The summed E-state index contributed by atoms with van der Waals surface area (Å²) in [7, 11) is 0. The summed E-state index contributed by atoms with van der Waals surface area (Å²) in [5.41, 5.74) is 5.80. The summed E-state index contributed by atoms with van der Waals surface area (Å²) in [5.74, 6) is -0.592. The first-order chi connectivity index (χ1) is 6.66. The minimum Gasteiger partial charge on any atom is -0.396 e. The first-order valence-electron chi connectivity index (χ1n) is 4.17. The Morgan fingerprint density at radius 2 is 2.14 bits per heavy atom. The van der Waals surface area contributed by atoms with Gasteiger partial charge in [0.05, 0.1) is 6.10 Å². The molecule has 0 saturated heterocycles. The quantitative estimate of drug-likeness (QED) is 0.631. The fourth-order valence-electron chi connectivity index (χ4n) is 1.21. The van der Waals surface area contributed by atoms with Gasteiger partial charge in [0.25, 0.3) is 0 Å². The van der Waals surface area contributed by atoms with Crippen LogP contribution in [0.5, 0.6) is 0 Å². The molecule has 0 aliphatic heterocycles. The minimum atomic E-state index is -0.969. The Balaban J connectivity index is 3.00. The third-order valence-electron chi connectivity index (χ3n) is 1.87. The molecular formula is C10H12NO3. The van der Waals surface area contributed by atoms with Gasteiger partial charge >= 0.3 is 0 Å². The van der Waals surface area contributed by atoms with Crippen LogP contribution in [0, 0.1) is 6.42 Å². The summed E-state index contributed by atoms with van der Waals surface area (Å²) in [5, 5.41) is 18.1. The normalized spacial score (nSPS) is 12.4. The second-order valence-electron chi connectivity index (χ2n) is 2.81. The van der Waals surface area contributed by atoms with Crippen molar-refractivity contribution >= 4 is 5.91 Å². The second kappa shape index (κ2) is 4.74. The van der Waals surface area contributed by atoms with E-state index < -0.39 is 12.0 Å². The van der Waals surface area contributed by atoms with E-state index in [9.17, 15) is 9.90 Å². The number of hydrogen-bond acceptors (Lipinski definition) is 3. The summed E-state index contributed by atoms with van der Waals surface area (Å²) in [4.78, 5) is 11.0. The van der Waals surface area contributed by atoms with E-state index in [4.69, 9.17) is 10.8 Å². The Kier molecular flexibility index (Phi) is 3.62. The van der Waals surface area contributed by atoms with E-state index in [0.717, 1.165) is 0 Å². The molecule has 0 fully saturated rings. The number of amides is 1. The van der Waals surface area contributed by atoms with E-state index in [2.05, 4.69) is 0 Å². The fraction of sp³-hybridized carbons (Fsp3) is 0.200. The zero-order valence-corrected chi connectivity index (χ0v) is 7.55. The van der Waals surface area contributed by atoms with E-state index in [1.807, 2.05) is 0 Å². The van der Waals surface area contributed by atoms with E-state index in [-0.39, 0.29) is 12.2 Å². The van der Waals surface area contributed by atoms with E-state index in [1.165, 1.54) is 12.5 Å². The SMILES string of the molecule is NC(=O)c1ccccc1[C@@H](O)[CH]CO. The molecule has 0 aromatic heterocycles. The molecule has 4 nitrogen and oxygen atoms in total. The van der Waals surface area contributed by atoms with Crippen molar-refractivity contribution in [3.8, 4) is 0 Å². The monoisotopic (exact) mass is 194 g/mol. The summed E-state index contributed by atoms with van der Waals surface area (Å²) < 4.78 is 0. The van der Waals surface area contributed by atoms with Crippen molar-refractivity contribution in [1.29, 1.82) is 0 Å². The number of carbonyl (C=O) groups is 1. The molecule has 14 heavy (non-hydrogen) atoms. The summed E-state index contributed by atoms with van der Waals surface area (Å²) in [6, 6.07) is 6.48. The van der Waals surface area contributed by atoms with Gasteiger partial charge in [0.1, 0.15) is 0 Å². The number of primary amides is 1.